The maximum Gasteiger partial charge on any atom is 0.254 e. The zero-order chi connectivity index (χ0) is 25.8. The third kappa shape index (κ3) is 4.81. The summed E-state index contributed by atoms with van der Waals surface area (Å²) in [6, 6.07) is 8.54. The molecule has 8 heteroatoms. The van der Waals surface area contributed by atoms with Crippen molar-refractivity contribution in [1.29, 1.82) is 0 Å². The Morgan fingerprint density at radius 2 is 1.42 bits per heavy atom. The second-order valence-corrected chi connectivity index (χ2v) is 9.44. The Labute approximate surface area is 212 Å². The van der Waals surface area contributed by atoms with Gasteiger partial charge in [-0.05, 0) is 48.2 Å². The Morgan fingerprint density at radius 1 is 0.833 bits per heavy atom. The van der Waals surface area contributed by atoms with Gasteiger partial charge in [0.2, 0.25) is 5.91 Å². The number of fused-ring (bicyclic) bond motifs is 1. The molecule has 0 unspecified atom stereocenters. The van der Waals surface area contributed by atoms with Gasteiger partial charge in [-0.25, -0.2) is 0 Å². The number of likely N-dealkylation sites (N-methyl/N-ethyl adjacent to an activating group) is 1. The summed E-state index contributed by atoms with van der Waals surface area (Å²) in [5.41, 5.74) is 1.85. The predicted octanol–water partition coefficient (Wildman–Crippen LogP) is 4.47. The molecule has 2 aromatic rings. The normalized spacial score (nSPS) is 20.2. The number of hydrogen-bond acceptors (Lipinski definition) is 6. The van der Waals surface area contributed by atoms with Gasteiger partial charge in [0.1, 0.15) is 0 Å². The van der Waals surface area contributed by atoms with E-state index in [1.54, 1.807) is 51.5 Å². The van der Waals surface area contributed by atoms with Gasteiger partial charge < -0.3 is 29.2 Å². The van der Waals surface area contributed by atoms with Crippen LogP contribution >= 0.6 is 0 Å². The molecule has 2 aromatic carbocycles. The Balaban J connectivity index is 1.84. The van der Waals surface area contributed by atoms with Crippen LogP contribution in [0.25, 0.3) is 0 Å². The summed E-state index contributed by atoms with van der Waals surface area (Å²) in [5, 5.41) is 3.32. The minimum absolute atomic E-state index is 0.102. The summed E-state index contributed by atoms with van der Waals surface area (Å²) in [4.78, 5) is 29.3. The standard InChI is InChI=1S/C28H36N2O6/c1-30-26(17-12-13-21(33-2)22(14-17)34-3)25(27(31)29-18-10-8-6-7-9-11-18)19-15-23(35-4)24(36-5)16-20(19)28(30)32/h12-16,18,25-26H,6-11H2,1-5H3,(H,29,31)/t25-,26+/m0/s1. The highest BCUT2D eigenvalue weighted by atomic mass is 16.5. The van der Waals surface area contributed by atoms with E-state index in [1.165, 1.54) is 20.0 Å². The first-order valence-electron chi connectivity index (χ1n) is 12.5. The molecule has 2 amide bonds. The van der Waals surface area contributed by atoms with E-state index in [0.717, 1.165) is 31.2 Å². The van der Waals surface area contributed by atoms with Gasteiger partial charge in [0.15, 0.2) is 23.0 Å². The zero-order valence-corrected chi connectivity index (χ0v) is 21.8. The molecular weight excluding hydrogens is 460 g/mol. The highest BCUT2D eigenvalue weighted by Crippen LogP contribution is 2.47. The molecular formula is C28H36N2O6. The van der Waals surface area contributed by atoms with Crippen LogP contribution in [-0.4, -0.2) is 58.2 Å². The molecule has 1 saturated carbocycles. The highest BCUT2D eigenvalue weighted by molar-refractivity contribution is 6.02. The molecule has 1 N–H and O–H groups in total. The molecule has 4 rings (SSSR count). The largest absolute Gasteiger partial charge is 0.493 e. The summed E-state index contributed by atoms with van der Waals surface area (Å²) in [6.45, 7) is 0. The minimum Gasteiger partial charge on any atom is -0.493 e. The molecule has 194 valence electrons. The fourth-order valence-corrected chi connectivity index (χ4v) is 5.50. The van der Waals surface area contributed by atoms with Crippen molar-refractivity contribution in [3.8, 4) is 23.0 Å². The van der Waals surface area contributed by atoms with E-state index in [-0.39, 0.29) is 17.9 Å². The average molecular weight is 497 g/mol. The van der Waals surface area contributed by atoms with Crippen LogP contribution in [-0.2, 0) is 4.79 Å². The van der Waals surface area contributed by atoms with E-state index in [0.29, 0.717) is 34.1 Å². The number of hydrogen-bond donors (Lipinski definition) is 1. The number of ether oxygens (including phenoxy) is 4. The summed E-state index contributed by atoms with van der Waals surface area (Å²) in [5.74, 6) is 1.11. The lowest BCUT2D eigenvalue weighted by molar-refractivity contribution is -0.125. The van der Waals surface area contributed by atoms with Gasteiger partial charge in [-0.2, -0.15) is 0 Å². The van der Waals surface area contributed by atoms with Crippen molar-refractivity contribution < 1.29 is 28.5 Å². The Bertz CT molecular complexity index is 1110. The fourth-order valence-electron chi connectivity index (χ4n) is 5.50. The molecule has 1 aliphatic carbocycles. The van der Waals surface area contributed by atoms with Crippen molar-refractivity contribution in [2.45, 2.75) is 56.5 Å². The number of amides is 2. The number of carbonyl (C=O) groups excluding carboxylic acids is 2. The summed E-state index contributed by atoms with van der Waals surface area (Å²) in [6.07, 6.45) is 6.53. The van der Waals surface area contributed by atoms with Gasteiger partial charge in [0.05, 0.1) is 40.4 Å². The smallest absolute Gasteiger partial charge is 0.254 e. The Morgan fingerprint density at radius 3 is 2.03 bits per heavy atom. The molecule has 1 aliphatic heterocycles. The summed E-state index contributed by atoms with van der Waals surface area (Å²) >= 11 is 0. The SMILES string of the molecule is COc1ccc([C@@H]2[C@@H](C(=O)NC3CCCCCC3)c3cc(OC)c(OC)cc3C(=O)N2C)cc1OC. The van der Waals surface area contributed by atoms with E-state index in [2.05, 4.69) is 5.32 Å². The molecule has 36 heavy (non-hydrogen) atoms. The van der Waals surface area contributed by atoms with Gasteiger partial charge in [-0.3, -0.25) is 9.59 Å². The van der Waals surface area contributed by atoms with E-state index >= 15 is 0 Å². The van der Waals surface area contributed by atoms with Gasteiger partial charge in [0, 0.05) is 18.7 Å². The molecule has 2 aliphatic rings. The molecule has 0 spiro atoms. The molecule has 1 heterocycles. The van der Waals surface area contributed by atoms with E-state index in [9.17, 15) is 9.59 Å². The third-order valence-electron chi connectivity index (χ3n) is 7.41. The molecule has 0 bridgehead atoms. The third-order valence-corrected chi connectivity index (χ3v) is 7.41. The number of rotatable bonds is 7. The Hall–Kier alpha value is -3.42. The number of nitrogens with zero attached hydrogens (tertiary/aromatic N) is 1. The van der Waals surface area contributed by atoms with Gasteiger partial charge in [0.25, 0.3) is 5.91 Å². The predicted molar refractivity (Wildman–Crippen MR) is 136 cm³/mol. The number of methoxy groups -OCH3 is 4. The number of nitrogens with one attached hydrogen (secondary N) is 1. The monoisotopic (exact) mass is 496 g/mol. The summed E-state index contributed by atoms with van der Waals surface area (Å²) < 4.78 is 21.9. The maximum atomic E-state index is 14.0. The zero-order valence-electron chi connectivity index (χ0n) is 21.8. The van der Waals surface area contributed by atoms with Crippen LogP contribution in [0.2, 0.25) is 0 Å². The van der Waals surface area contributed by atoms with Crippen LogP contribution in [0.1, 0.15) is 72.0 Å². The summed E-state index contributed by atoms with van der Waals surface area (Å²) in [7, 11) is 7.96. The van der Waals surface area contributed by atoms with Crippen LogP contribution in [0.15, 0.2) is 30.3 Å². The van der Waals surface area contributed by atoms with Crippen LogP contribution < -0.4 is 24.3 Å². The van der Waals surface area contributed by atoms with Crippen LogP contribution in [0.5, 0.6) is 23.0 Å². The van der Waals surface area contributed by atoms with Crippen molar-refractivity contribution in [2.75, 3.05) is 35.5 Å². The van der Waals surface area contributed by atoms with Crippen LogP contribution in [0, 0.1) is 0 Å². The topological polar surface area (TPSA) is 86.3 Å². The fraction of sp³-hybridized carbons (Fsp3) is 0.500. The molecule has 0 aromatic heterocycles. The lowest BCUT2D eigenvalue weighted by Crippen LogP contribution is -2.47. The lowest BCUT2D eigenvalue weighted by Gasteiger charge is -2.40. The number of carbonyl (C=O) groups is 2. The van der Waals surface area contributed by atoms with E-state index in [1.807, 2.05) is 12.1 Å². The minimum atomic E-state index is -0.649. The van der Waals surface area contributed by atoms with Gasteiger partial charge in [-0.1, -0.05) is 31.7 Å². The maximum absolute atomic E-state index is 14.0. The van der Waals surface area contributed by atoms with Crippen molar-refractivity contribution in [1.82, 2.24) is 10.2 Å². The van der Waals surface area contributed by atoms with Gasteiger partial charge in [-0.15, -0.1) is 0 Å². The lowest BCUT2D eigenvalue weighted by atomic mass is 9.79. The first kappa shape index (κ1) is 25.7. The molecule has 8 nitrogen and oxygen atoms in total. The van der Waals surface area contributed by atoms with Crippen molar-refractivity contribution >= 4 is 11.8 Å². The van der Waals surface area contributed by atoms with E-state index in [4.69, 9.17) is 18.9 Å². The molecule has 0 radical (unpaired) electrons. The number of benzene rings is 2. The molecule has 0 saturated heterocycles. The van der Waals surface area contributed by atoms with Crippen molar-refractivity contribution in [2.24, 2.45) is 0 Å². The molecule has 1 fully saturated rings. The van der Waals surface area contributed by atoms with Crippen molar-refractivity contribution in [3.63, 3.8) is 0 Å². The highest BCUT2D eigenvalue weighted by Gasteiger charge is 2.44. The average Bonchev–Trinajstić information content (AvgIpc) is 3.17. The second-order valence-electron chi connectivity index (χ2n) is 9.44. The van der Waals surface area contributed by atoms with Crippen molar-refractivity contribution in [3.05, 3.63) is 47.0 Å². The van der Waals surface area contributed by atoms with Gasteiger partial charge >= 0.3 is 0 Å². The first-order chi connectivity index (χ1) is 17.4. The quantitative estimate of drug-likeness (QED) is 0.569. The van der Waals surface area contributed by atoms with E-state index < -0.39 is 12.0 Å². The second kappa shape index (κ2) is 11.1. The van der Waals surface area contributed by atoms with Crippen LogP contribution in [0.4, 0.5) is 0 Å². The molecule has 2 atom stereocenters. The first-order valence-corrected chi connectivity index (χ1v) is 12.5. The van der Waals surface area contributed by atoms with Crippen LogP contribution in [0.3, 0.4) is 0 Å². The Kier molecular flexibility index (Phi) is 7.91.